The summed E-state index contributed by atoms with van der Waals surface area (Å²) in [5.41, 5.74) is 0.805. The minimum Gasteiger partial charge on any atom is -0.368 e. The second-order valence-corrected chi connectivity index (χ2v) is 4.31. The van der Waals surface area contributed by atoms with Crippen LogP contribution >= 0.6 is 0 Å². The van der Waals surface area contributed by atoms with Gasteiger partial charge < -0.3 is 10.2 Å². The van der Waals surface area contributed by atoms with Crippen molar-refractivity contribution in [2.45, 2.75) is 19.9 Å². The van der Waals surface area contributed by atoms with Crippen molar-refractivity contribution in [1.29, 1.82) is 0 Å². The number of hydrogen-bond acceptors (Lipinski definition) is 5. The van der Waals surface area contributed by atoms with E-state index in [0.717, 1.165) is 12.1 Å². The van der Waals surface area contributed by atoms with Crippen LogP contribution in [-0.4, -0.2) is 41.5 Å². The van der Waals surface area contributed by atoms with Crippen molar-refractivity contribution in [3.8, 4) is 0 Å². The van der Waals surface area contributed by atoms with E-state index in [-0.39, 0.29) is 5.69 Å². The Hall–Kier alpha value is -1.69. The maximum Gasteiger partial charge on any atom is 0.287 e. The van der Waals surface area contributed by atoms with Crippen molar-refractivity contribution >= 4 is 11.5 Å². The van der Waals surface area contributed by atoms with Crippen LogP contribution in [0, 0.1) is 17.0 Å². The quantitative estimate of drug-likeness (QED) is 0.624. The van der Waals surface area contributed by atoms with Crippen LogP contribution in [0.15, 0.2) is 12.3 Å². The number of likely N-dealkylation sites (N-methyl/N-ethyl adjacent to an activating group) is 1. The largest absolute Gasteiger partial charge is 0.368 e. The number of nitrogens with zero attached hydrogens (tertiary/aromatic N) is 3. The summed E-state index contributed by atoms with van der Waals surface area (Å²) < 4.78 is 0. The fourth-order valence-electron chi connectivity index (χ4n) is 1.27. The third-order valence-electron chi connectivity index (χ3n) is 2.72. The summed E-state index contributed by atoms with van der Waals surface area (Å²) >= 11 is 0. The highest BCUT2D eigenvalue weighted by Crippen LogP contribution is 2.17. The smallest absolute Gasteiger partial charge is 0.287 e. The van der Waals surface area contributed by atoms with E-state index in [1.807, 2.05) is 21.0 Å². The van der Waals surface area contributed by atoms with E-state index in [1.165, 1.54) is 12.3 Å². The van der Waals surface area contributed by atoms with Crippen molar-refractivity contribution in [3.05, 3.63) is 27.9 Å². The summed E-state index contributed by atoms with van der Waals surface area (Å²) in [6, 6.07) is 1.89. The van der Waals surface area contributed by atoms with Crippen LogP contribution in [0.5, 0.6) is 0 Å². The van der Waals surface area contributed by atoms with Crippen LogP contribution < -0.4 is 5.32 Å². The first-order chi connectivity index (χ1) is 7.91. The van der Waals surface area contributed by atoms with Gasteiger partial charge in [0.25, 0.3) is 5.69 Å². The number of hydrogen-bond donors (Lipinski definition) is 1. The van der Waals surface area contributed by atoms with Crippen molar-refractivity contribution in [2.24, 2.45) is 0 Å². The van der Waals surface area contributed by atoms with Gasteiger partial charge in [0.15, 0.2) is 0 Å². The van der Waals surface area contributed by atoms with E-state index in [2.05, 4.69) is 22.1 Å². The molecule has 0 saturated carbocycles. The van der Waals surface area contributed by atoms with Gasteiger partial charge in [0, 0.05) is 18.7 Å². The lowest BCUT2D eigenvalue weighted by atomic mass is 10.2. The number of aromatic nitrogens is 1. The molecule has 1 N–H and O–H groups in total. The molecule has 6 heteroatoms. The second-order valence-electron chi connectivity index (χ2n) is 4.31. The average Bonchev–Trinajstić information content (AvgIpc) is 2.26. The summed E-state index contributed by atoms with van der Waals surface area (Å²) in [4.78, 5) is 16.3. The summed E-state index contributed by atoms with van der Waals surface area (Å²) in [6.45, 7) is 4.65. The van der Waals surface area contributed by atoms with Crippen LogP contribution in [-0.2, 0) is 0 Å². The Labute approximate surface area is 101 Å². The molecule has 1 rings (SSSR count). The Balaban J connectivity index is 2.70. The van der Waals surface area contributed by atoms with Crippen molar-refractivity contribution in [1.82, 2.24) is 9.88 Å². The topological polar surface area (TPSA) is 71.3 Å². The zero-order valence-corrected chi connectivity index (χ0v) is 10.6. The molecule has 0 radical (unpaired) electrons. The molecule has 0 aliphatic carbocycles. The zero-order chi connectivity index (χ0) is 13.0. The van der Waals surface area contributed by atoms with Gasteiger partial charge in [0.2, 0.25) is 0 Å². The van der Waals surface area contributed by atoms with E-state index in [0.29, 0.717) is 11.9 Å². The van der Waals surface area contributed by atoms with Crippen LogP contribution in [0.3, 0.4) is 0 Å². The predicted molar refractivity (Wildman–Crippen MR) is 67.3 cm³/mol. The predicted octanol–water partition coefficient (Wildman–Crippen LogP) is 1.66. The third kappa shape index (κ3) is 3.67. The minimum absolute atomic E-state index is 0.0220. The molecule has 0 aliphatic rings. The number of nitrogens with one attached hydrogen (secondary N) is 1. The fraction of sp³-hybridized carbons (Fsp3) is 0.545. The van der Waals surface area contributed by atoms with Gasteiger partial charge in [-0.1, -0.05) is 0 Å². The fourth-order valence-corrected chi connectivity index (χ4v) is 1.27. The lowest BCUT2D eigenvalue weighted by molar-refractivity contribution is -0.385. The maximum absolute atomic E-state index is 10.6. The number of anilines is 1. The van der Waals surface area contributed by atoms with E-state index in [9.17, 15) is 10.1 Å². The SMILES string of the molecule is Cc1cc([N+](=O)[O-])cnc1NCC(C)N(C)C. The minimum atomic E-state index is -0.438. The molecule has 0 fully saturated rings. The highest BCUT2D eigenvalue weighted by Gasteiger charge is 2.10. The van der Waals surface area contributed by atoms with Gasteiger partial charge in [-0.3, -0.25) is 10.1 Å². The molecule has 94 valence electrons. The molecule has 0 aromatic carbocycles. The average molecular weight is 238 g/mol. The van der Waals surface area contributed by atoms with E-state index in [4.69, 9.17) is 0 Å². The number of rotatable bonds is 5. The Morgan fingerprint density at radius 3 is 2.71 bits per heavy atom. The second kappa shape index (κ2) is 5.58. The molecule has 1 aromatic rings. The molecule has 0 aliphatic heterocycles. The number of aryl methyl sites for hydroxylation is 1. The molecule has 0 saturated heterocycles. The van der Waals surface area contributed by atoms with Gasteiger partial charge in [0.05, 0.1) is 4.92 Å². The summed E-state index contributed by atoms with van der Waals surface area (Å²) in [5, 5.41) is 13.7. The van der Waals surface area contributed by atoms with Crippen molar-refractivity contribution < 1.29 is 4.92 Å². The highest BCUT2D eigenvalue weighted by molar-refractivity contribution is 5.48. The van der Waals surface area contributed by atoms with Gasteiger partial charge in [-0.2, -0.15) is 0 Å². The number of pyridine rings is 1. The van der Waals surface area contributed by atoms with Crippen LogP contribution in [0.2, 0.25) is 0 Å². The molecule has 0 bridgehead atoms. The molecule has 0 spiro atoms. The van der Waals surface area contributed by atoms with Crippen LogP contribution in [0.4, 0.5) is 11.5 Å². The normalized spacial score (nSPS) is 12.5. The Kier molecular flexibility index (Phi) is 4.39. The lowest BCUT2D eigenvalue weighted by Gasteiger charge is -2.20. The van der Waals surface area contributed by atoms with E-state index >= 15 is 0 Å². The molecule has 0 amide bonds. The molecule has 1 aromatic heterocycles. The third-order valence-corrected chi connectivity index (χ3v) is 2.72. The zero-order valence-electron chi connectivity index (χ0n) is 10.6. The first-order valence-corrected chi connectivity index (χ1v) is 5.43. The highest BCUT2D eigenvalue weighted by atomic mass is 16.6. The van der Waals surface area contributed by atoms with Gasteiger partial charge in [-0.15, -0.1) is 0 Å². The first-order valence-electron chi connectivity index (χ1n) is 5.43. The number of nitro groups is 1. The molecule has 1 unspecified atom stereocenters. The molecule has 6 nitrogen and oxygen atoms in total. The molecular formula is C11H18N4O2. The van der Waals surface area contributed by atoms with Crippen LogP contribution in [0.25, 0.3) is 0 Å². The lowest BCUT2D eigenvalue weighted by Crippen LogP contribution is -2.31. The van der Waals surface area contributed by atoms with Gasteiger partial charge >= 0.3 is 0 Å². The first kappa shape index (κ1) is 13.4. The van der Waals surface area contributed by atoms with Crippen molar-refractivity contribution in [3.63, 3.8) is 0 Å². The van der Waals surface area contributed by atoms with E-state index < -0.39 is 4.92 Å². The molecule has 1 atom stereocenters. The molecule has 1 heterocycles. The van der Waals surface area contributed by atoms with Crippen molar-refractivity contribution in [2.75, 3.05) is 26.0 Å². The Morgan fingerprint density at radius 1 is 1.59 bits per heavy atom. The maximum atomic E-state index is 10.6. The van der Waals surface area contributed by atoms with Gasteiger partial charge in [-0.05, 0) is 33.5 Å². The Bertz CT molecular complexity index is 406. The standard InChI is InChI=1S/C11H18N4O2/c1-8-5-10(15(16)17)7-13-11(8)12-6-9(2)14(3)4/h5,7,9H,6H2,1-4H3,(H,12,13). The van der Waals surface area contributed by atoms with Gasteiger partial charge in [0.1, 0.15) is 12.0 Å². The molecule has 17 heavy (non-hydrogen) atoms. The Morgan fingerprint density at radius 2 is 2.24 bits per heavy atom. The van der Waals surface area contributed by atoms with Gasteiger partial charge in [-0.25, -0.2) is 4.98 Å². The summed E-state index contributed by atoms with van der Waals surface area (Å²) in [6.07, 6.45) is 1.27. The molecular weight excluding hydrogens is 220 g/mol. The summed E-state index contributed by atoms with van der Waals surface area (Å²) in [5.74, 6) is 0.698. The van der Waals surface area contributed by atoms with Crippen LogP contribution in [0.1, 0.15) is 12.5 Å². The summed E-state index contributed by atoms with van der Waals surface area (Å²) in [7, 11) is 4.00. The monoisotopic (exact) mass is 238 g/mol. The van der Waals surface area contributed by atoms with E-state index in [1.54, 1.807) is 0 Å².